The summed E-state index contributed by atoms with van der Waals surface area (Å²) in [7, 11) is -2.20. The van der Waals surface area contributed by atoms with E-state index < -0.39 is 22.0 Å². The Morgan fingerprint density at radius 1 is 1.16 bits per heavy atom. The highest BCUT2D eigenvalue weighted by Gasteiger charge is 2.16. The highest BCUT2D eigenvalue weighted by Crippen LogP contribution is 2.35. The Morgan fingerprint density at radius 3 is 2.65 bits per heavy atom. The number of aliphatic hydroxyl groups excluding tert-OH is 1. The molecule has 1 amide bonds. The van der Waals surface area contributed by atoms with E-state index in [1.165, 1.54) is 31.4 Å². The lowest BCUT2D eigenvalue weighted by atomic mass is 10.2. The molecule has 3 N–H and O–H groups in total. The van der Waals surface area contributed by atoms with E-state index in [1.807, 2.05) is 0 Å². The van der Waals surface area contributed by atoms with E-state index in [0.717, 1.165) is 0 Å². The van der Waals surface area contributed by atoms with Gasteiger partial charge in [-0.05, 0) is 36.4 Å². The fraction of sp³-hybridized carbons (Fsp3) is 0.350. The number of carbonyl (C=O) groups is 1. The largest absolute Gasteiger partial charge is 0.491 e. The number of hydrogen-bond acceptors (Lipinski definition) is 8. The molecule has 1 aliphatic rings. The second-order valence-electron chi connectivity index (χ2n) is 6.60. The Kier molecular flexibility index (Phi) is 7.69. The summed E-state index contributed by atoms with van der Waals surface area (Å²) < 4.78 is 47.4. The van der Waals surface area contributed by atoms with Crippen molar-refractivity contribution >= 4 is 15.9 Å². The molecule has 2 aromatic rings. The average molecular weight is 452 g/mol. The zero-order valence-corrected chi connectivity index (χ0v) is 17.7. The molecular weight excluding hydrogens is 428 g/mol. The van der Waals surface area contributed by atoms with Gasteiger partial charge in [0.1, 0.15) is 18.5 Å². The zero-order valence-electron chi connectivity index (χ0n) is 16.9. The number of amides is 1. The van der Waals surface area contributed by atoms with E-state index in [4.69, 9.17) is 18.9 Å². The topological polar surface area (TPSA) is 132 Å². The lowest BCUT2D eigenvalue weighted by Crippen LogP contribution is -2.35. The fourth-order valence-electron chi connectivity index (χ4n) is 2.68. The van der Waals surface area contributed by atoms with Gasteiger partial charge in [0.15, 0.2) is 11.5 Å². The molecule has 0 aromatic heterocycles. The van der Waals surface area contributed by atoms with Gasteiger partial charge >= 0.3 is 0 Å². The van der Waals surface area contributed by atoms with Gasteiger partial charge in [-0.15, -0.1) is 0 Å². The summed E-state index contributed by atoms with van der Waals surface area (Å²) in [6.07, 6.45) is -0.945. The van der Waals surface area contributed by atoms with Crippen LogP contribution in [0.5, 0.6) is 17.2 Å². The van der Waals surface area contributed by atoms with Crippen LogP contribution in [0.1, 0.15) is 10.4 Å². The number of hydrogen-bond donors (Lipinski definition) is 3. The van der Waals surface area contributed by atoms with Gasteiger partial charge in [-0.1, -0.05) is 0 Å². The first-order chi connectivity index (χ1) is 14.9. The minimum absolute atomic E-state index is 0.0375. The zero-order chi connectivity index (χ0) is 22.3. The minimum Gasteiger partial charge on any atom is -0.491 e. The highest BCUT2D eigenvalue weighted by atomic mass is 32.2. The van der Waals surface area contributed by atoms with Crippen molar-refractivity contribution in [1.82, 2.24) is 10.0 Å². The van der Waals surface area contributed by atoms with Gasteiger partial charge < -0.3 is 29.4 Å². The molecule has 0 aliphatic carbocycles. The Hall–Kier alpha value is -2.86. The maximum atomic E-state index is 12.2. The average Bonchev–Trinajstić information content (AvgIpc) is 3.24. The molecule has 10 nitrogen and oxygen atoms in total. The van der Waals surface area contributed by atoms with E-state index in [1.54, 1.807) is 18.2 Å². The second kappa shape index (κ2) is 10.4. The molecule has 168 valence electrons. The Bertz CT molecular complexity index is 995. The van der Waals surface area contributed by atoms with E-state index >= 15 is 0 Å². The molecule has 0 bridgehead atoms. The number of ether oxygens (including phenoxy) is 4. The van der Waals surface area contributed by atoms with Crippen molar-refractivity contribution in [2.24, 2.45) is 0 Å². The SMILES string of the molecule is COCCNS(=O)(=O)c1ccc(C(=O)NCC(O)COc2ccc3c(c2)OCO3)cc1. The molecule has 3 rings (SSSR count). The van der Waals surface area contributed by atoms with Crippen LogP contribution in [0, 0.1) is 0 Å². The third kappa shape index (κ3) is 6.31. The summed E-state index contributed by atoms with van der Waals surface area (Å²) in [6, 6.07) is 10.5. The van der Waals surface area contributed by atoms with Crippen LogP contribution in [0.2, 0.25) is 0 Å². The molecule has 0 saturated carbocycles. The Labute approximate surface area is 180 Å². The first-order valence-electron chi connectivity index (χ1n) is 9.46. The van der Waals surface area contributed by atoms with Crippen molar-refractivity contribution in [3.8, 4) is 17.2 Å². The van der Waals surface area contributed by atoms with Gasteiger partial charge in [0.05, 0.1) is 11.5 Å². The molecule has 0 fully saturated rings. The quantitative estimate of drug-likeness (QED) is 0.420. The molecule has 0 saturated heterocycles. The molecule has 1 heterocycles. The third-order valence-corrected chi connectivity index (χ3v) is 5.79. The molecule has 1 aliphatic heterocycles. The third-order valence-electron chi connectivity index (χ3n) is 4.31. The van der Waals surface area contributed by atoms with Gasteiger partial charge in [0, 0.05) is 31.8 Å². The summed E-state index contributed by atoms with van der Waals surface area (Å²) in [6.45, 7) is 0.477. The standard InChI is InChI=1S/C20H24N2O8S/c1-27-9-8-22-31(25,26)17-5-2-14(3-6-17)20(24)21-11-15(23)12-28-16-4-7-18-19(10-16)30-13-29-18/h2-7,10,15,22-23H,8-9,11-13H2,1H3,(H,21,24). The summed E-state index contributed by atoms with van der Waals surface area (Å²) in [5, 5.41) is 12.6. The number of fused-ring (bicyclic) bond motifs is 1. The monoisotopic (exact) mass is 452 g/mol. The molecule has 0 radical (unpaired) electrons. The minimum atomic E-state index is -3.67. The summed E-state index contributed by atoms with van der Waals surface area (Å²) in [5.41, 5.74) is 0.264. The molecular formula is C20H24N2O8S. The molecule has 11 heteroatoms. The van der Waals surface area contributed by atoms with Gasteiger partial charge in [-0.25, -0.2) is 13.1 Å². The Morgan fingerprint density at radius 2 is 1.90 bits per heavy atom. The summed E-state index contributed by atoms with van der Waals surface area (Å²) in [5.74, 6) is 1.26. The molecule has 31 heavy (non-hydrogen) atoms. The number of benzene rings is 2. The van der Waals surface area contributed by atoms with Crippen LogP contribution in [-0.2, 0) is 14.8 Å². The number of methoxy groups -OCH3 is 1. The van der Waals surface area contributed by atoms with Gasteiger partial charge in [-0.2, -0.15) is 0 Å². The Balaban J connectivity index is 1.45. The molecule has 2 aromatic carbocycles. The predicted molar refractivity (Wildman–Crippen MR) is 110 cm³/mol. The summed E-state index contributed by atoms with van der Waals surface area (Å²) >= 11 is 0. The van der Waals surface area contributed by atoms with Crippen LogP contribution in [0.25, 0.3) is 0 Å². The lowest BCUT2D eigenvalue weighted by molar-refractivity contribution is 0.0843. The van der Waals surface area contributed by atoms with Crippen molar-refractivity contribution in [2.45, 2.75) is 11.0 Å². The second-order valence-corrected chi connectivity index (χ2v) is 8.37. The van der Waals surface area contributed by atoms with Crippen LogP contribution >= 0.6 is 0 Å². The number of nitrogens with one attached hydrogen (secondary N) is 2. The summed E-state index contributed by atoms with van der Waals surface area (Å²) in [4.78, 5) is 12.3. The molecule has 1 unspecified atom stereocenters. The van der Waals surface area contributed by atoms with E-state index in [-0.39, 0.29) is 43.6 Å². The predicted octanol–water partition coefficient (Wildman–Crippen LogP) is 0.510. The van der Waals surface area contributed by atoms with Gasteiger partial charge in [0.25, 0.3) is 5.91 Å². The van der Waals surface area contributed by atoms with E-state index in [2.05, 4.69) is 10.0 Å². The molecule has 1 atom stereocenters. The van der Waals surface area contributed by atoms with Crippen molar-refractivity contribution in [3.05, 3.63) is 48.0 Å². The highest BCUT2D eigenvalue weighted by molar-refractivity contribution is 7.89. The van der Waals surface area contributed by atoms with E-state index in [9.17, 15) is 18.3 Å². The number of rotatable bonds is 11. The van der Waals surface area contributed by atoms with Crippen LogP contribution in [-0.4, -0.2) is 65.7 Å². The lowest BCUT2D eigenvalue weighted by Gasteiger charge is -2.14. The fourth-order valence-corrected chi connectivity index (χ4v) is 3.69. The van der Waals surface area contributed by atoms with Crippen molar-refractivity contribution in [2.75, 3.05) is 40.2 Å². The van der Waals surface area contributed by atoms with Crippen LogP contribution in [0.3, 0.4) is 0 Å². The first-order valence-corrected chi connectivity index (χ1v) is 10.9. The van der Waals surface area contributed by atoms with Crippen molar-refractivity contribution in [1.29, 1.82) is 0 Å². The maximum absolute atomic E-state index is 12.2. The van der Waals surface area contributed by atoms with Crippen LogP contribution < -0.4 is 24.2 Å². The van der Waals surface area contributed by atoms with Crippen LogP contribution in [0.15, 0.2) is 47.4 Å². The van der Waals surface area contributed by atoms with E-state index in [0.29, 0.717) is 17.2 Å². The first kappa shape index (κ1) is 22.8. The maximum Gasteiger partial charge on any atom is 0.251 e. The molecule has 0 spiro atoms. The van der Waals surface area contributed by atoms with Crippen molar-refractivity contribution < 1.29 is 37.3 Å². The van der Waals surface area contributed by atoms with Gasteiger partial charge in [-0.3, -0.25) is 4.79 Å². The normalized spacial score (nSPS) is 13.6. The van der Waals surface area contributed by atoms with Crippen LogP contribution in [0.4, 0.5) is 0 Å². The van der Waals surface area contributed by atoms with Gasteiger partial charge in [0.2, 0.25) is 16.8 Å². The number of aliphatic hydroxyl groups is 1. The smallest absolute Gasteiger partial charge is 0.251 e. The number of carbonyl (C=O) groups excluding carboxylic acids is 1. The number of sulfonamides is 1. The van der Waals surface area contributed by atoms with Crippen molar-refractivity contribution in [3.63, 3.8) is 0 Å².